The zero-order chi connectivity index (χ0) is 13.0. The van der Waals surface area contributed by atoms with E-state index >= 15 is 0 Å². The number of hydrogen-bond donors (Lipinski definition) is 3. The molecule has 0 spiro atoms. The Hall–Kier alpha value is -2.05. The molecule has 4 N–H and O–H groups in total. The van der Waals surface area contributed by atoms with Gasteiger partial charge < -0.3 is 16.0 Å². The summed E-state index contributed by atoms with van der Waals surface area (Å²) in [5.74, 6) is -0.287. The number of carbonyl (C=O) groups is 2. The SMILES string of the molecule is CC(C)NC(=O)CN(C)C(=O)c1cc(N)n[nH]1. The maximum Gasteiger partial charge on any atom is 0.272 e. The molecule has 7 nitrogen and oxygen atoms in total. The van der Waals surface area contributed by atoms with Crippen LogP contribution < -0.4 is 11.1 Å². The summed E-state index contributed by atoms with van der Waals surface area (Å²) >= 11 is 0. The van der Waals surface area contributed by atoms with Gasteiger partial charge in [0.15, 0.2) is 0 Å². The lowest BCUT2D eigenvalue weighted by Crippen LogP contribution is -2.40. The number of rotatable bonds is 4. The Morgan fingerprint density at radius 2 is 2.24 bits per heavy atom. The number of aromatic nitrogens is 2. The molecule has 0 aliphatic rings. The highest BCUT2D eigenvalue weighted by molar-refractivity contribution is 5.95. The van der Waals surface area contributed by atoms with Gasteiger partial charge in [-0.15, -0.1) is 0 Å². The van der Waals surface area contributed by atoms with Gasteiger partial charge >= 0.3 is 0 Å². The minimum absolute atomic E-state index is 0.00403. The van der Waals surface area contributed by atoms with E-state index in [1.165, 1.54) is 11.0 Å². The normalized spacial score (nSPS) is 10.4. The van der Waals surface area contributed by atoms with Crippen LogP contribution in [0.4, 0.5) is 5.82 Å². The average molecular weight is 239 g/mol. The van der Waals surface area contributed by atoms with Gasteiger partial charge in [0.25, 0.3) is 5.91 Å². The summed E-state index contributed by atoms with van der Waals surface area (Å²) in [4.78, 5) is 24.5. The van der Waals surface area contributed by atoms with Crippen LogP contribution in [0.15, 0.2) is 6.07 Å². The van der Waals surface area contributed by atoms with Gasteiger partial charge in [-0.25, -0.2) is 0 Å². The lowest BCUT2D eigenvalue weighted by molar-refractivity contribution is -0.122. The Morgan fingerprint density at radius 3 is 2.71 bits per heavy atom. The van der Waals surface area contributed by atoms with Crippen LogP contribution in [0.3, 0.4) is 0 Å². The predicted octanol–water partition coefficient (Wildman–Crippen LogP) is -0.411. The van der Waals surface area contributed by atoms with Crippen molar-refractivity contribution in [2.75, 3.05) is 19.3 Å². The molecule has 1 rings (SSSR count). The van der Waals surface area contributed by atoms with Gasteiger partial charge in [0.2, 0.25) is 5.91 Å². The van der Waals surface area contributed by atoms with Crippen molar-refractivity contribution in [3.63, 3.8) is 0 Å². The van der Waals surface area contributed by atoms with Crippen molar-refractivity contribution >= 4 is 17.6 Å². The third-order valence-electron chi connectivity index (χ3n) is 2.01. The molecule has 0 saturated heterocycles. The summed E-state index contributed by atoms with van der Waals surface area (Å²) in [5.41, 5.74) is 5.66. The van der Waals surface area contributed by atoms with Gasteiger partial charge in [0.05, 0.1) is 6.54 Å². The standard InChI is InChI=1S/C10H17N5O2/c1-6(2)12-9(16)5-15(3)10(17)7-4-8(11)14-13-7/h4,6H,5H2,1-3H3,(H,12,16)(H3,11,13,14). The van der Waals surface area contributed by atoms with E-state index < -0.39 is 0 Å². The third-order valence-corrected chi connectivity index (χ3v) is 2.01. The molecule has 1 aromatic heterocycles. The minimum Gasteiger partial charge on any atom is -0.382 e. The summed E-state index contributed by atoms with van der Waals surface area (Å²) in [5, 5.41) is 8.86. The fraction of sp³-hybridized carbons (Fsp3) is 0.500. The first-order valence-corrected chi connectivity index (χ1v) is 5.26. The van der Waals surface area contributed by atoms with Gasteiger partial charge in [-0.3, -0.25) is 14.7 Å². The first kappa shape index (κ1) is 13.0. The average Bonchev–Trinajstić information content (AvgIpc) is 2.62. The maximum atomic E-state index is 11.8. The largest absolute Gasteiger partial charge is 0.382 e. The molecule has 0 radical (unpaired) electrons. The smallest absolute Gasteiger partial charge is 0.272 e. The van der Waals surface area contributed by atoms with Crippen molar-refractivity contribution in [3.8, 4) is 0 Å². The molecule has 0 bridgehead atoms. The summed E-state index contributed by atoms with van der Waals surface area (Å²) in [6, 6.07) is 1.48. The van der Waals surface area contributed by atoms with E-state index in [-0.39, 0.29) is 35.9 Å². The molecule has 0 fully saturated rings. The molecule has 0 atom stereocenters. The van der Waals surface area contributed by atoms with Gasteiger partial charge in [0, 0.05) is 19.2 Å². The van der Waals surface area contributed by atoms with Crippen LogP contribution in [0, 0.1) is 0 Å². The van der Waals surface area contributed by atoms with Crippen LogP contribution in [0.25, 0.3) is 0 Å². The maximum absolute atomic E-state index is 11.8. The molecule has 7 heteroatoms. The highest BCUT2D eigenvalue weighted by Gasteiger charge is 2.16. The molecule has 2 amide bonds. The first-order chi connectivity index (χ1) is 7.90. The van der Waals surface area contributed by atoms with Crippen molar-refractivity contribution < 1.29 is 9.59 Å². The van der Waals surface area contributed by atoms with Crippen LogP contribution in [0.1, 0.15) is 24.3 Å². The molecule has 0 aliphatic heterocycles. The van der Waals surface area contributed by atoms with Crippen molar-refractivity contribution in [2.45, 2.75) is 19.9 Å². The molecule has 1 heterocycles. The van der Waals surface area contributed by atoms with Crippen LogP contribution in [0.2, 0.25) is 0 Å². The monoisotopic (exact) mass is 239 g/mol. The van der Waals surface area contributed by atoms with Crippen LogP contribution in [0.5, 0.6) is 0 Å². The second kappa shape index (κ2) is 5.33. The van der Waals surface area contributed by atoms with E-state index in [4.69, 9.17) is 5.73 Å². The van der Waals surface area contributed by atoms with Gasteiger partial charge in [-0.1, -0.05) is 0 Å². The number of carbonyl (C=O) groups excluding carboxylic acids is 2. The van der Waals surface area contributed by atoms with Crippen molar-refractivity contribution in [2.24, 2.45) is 0 Å². The molecular formula is C10H17N5O2. The summed E-state index contributed by atoms with van der Waals surface area (Å²) < 4.78 is 0. The minimum atomic E-state index is -0.326. The number of amides is 2. The molecule has 94 valence electrons. The molecule has 17 heavy (non-hydrogen) atoms. The predicted molar refractivity (Wildman–Crippen MR) is 63.2 cm³/mol. The zero-order valence-electron chi connectivity index (χ0n) is 10.2. The molecule has 1 aromatic rings. The highest BCUT2D eigenvalue weighted by Crippen LogP contribution is 2.03. The topological polar surface area (TPSA) is 104 Å². The third kappa shape index (κ3) is 3.78. The number of nitrogens with two attached hydrogens (primary N) is 1. The Kier molecular flexibility index (Phi) is 4.08. The van der Waals surface area contributed by atoms with E-state index in [1.807, 2.05) is 13.8 Å². The highest BCUT2D eigenvalue weighted by atomic mass is 16.2. The van der Waals surface area contributed by atoms with Crippen LogP contribution in [-0.4, -0.2) is 46.5 Å². The number of H-pyrrole nitrogens is 1. The second-order valence-electron chi connectivity index (χ2n) is 4.09. The quantitative estimate of drug-likeness (QED) is 0.664. The van der Waals surface area contributed by atoms with E-state index in [2.05, 4.69) is 15.5 Å². The summed E-state index contributed by atoms with van der Waals surface area (Å²) in [6.07, 6.45) is 0. The molecule has 0 saturated carbocycles. The zero-order valence-corrected chi connectivity index (χ0v) is 10.2. The van der Waals surface area contributed by atoms with Crippen LogP contribution >= 0.6 is 0 Å². The molecule has 0 unspecified atom stereocenters. The number of hydrogen-bond acceptors (Lipinski definition) is 4. The summed E-state index contributed by atoms with van der Waals surface area (Å²) in [7, 11) is 1.54. The molecule has 0 aliphatic carbocycles. The van der Waals surface area contributed by atoms with Gasteiger partial charge in [-0.05, 0) is 13.8 Å². The van der Waals surface area contributed by atoms with Crippen molar-refractivity contribution in [1.82, 2.24) is 20.4 Å². The first-order valence-electron chi connectivity index (χ1n) is 5.26. The Balaban J connectivity index is 2.56. The lowest BCUT2D eigenvalue weighted by Gasteiger charge is -2.16. The van der Waals surface area contributed by atoms with E-state index in [0.717, 1.165) is 0 Å². The van der Waals surface area contributed by atoms with Gasteiger partial charge in [-0.2, -0.15) is 5.10 Å². The Morgan fingerprint density at radius 1 is 1.59 bits per heavy atom. The number of nitrogens with one attached hydrogen (secondary N) is 2. The van der Waals surface area contributed by atoms with Gasteiger partial charge in [0.1, 0.15) is 11.5 Å². The number of nitrogen functional groups attached to an aromatic ring is 1. The van der Waals surface area contributed by atoms with E-state index in [9.17, 15) is 9.59 Å². The number of likely N-dealkylation sites (N-methyl/N-ethyl adjacent to an activating group) is 1. The fourth-order valence-electron chi connectivity index (χ4n) is 1.31. The number of nitrogens with zero attached hydrogens (tertiary/aromatic N) is 2. The number of anilines is 1. The van der Waals surface area contributed by atoms with E-state index in [0.29, 0.717) is 0 Å². The van der Waals surface area contributed by atoms with Crippen molar-refractivity contribution in [1.29, 1.82) is 0 Å². The van der Waals surface area contributed by atoms with Crippen molar-refractivity contribution in [3.05, 3.63) is 11.8 Å². The molecule has 0 aromatic carbocycles. The lowest BCUT2D eigenvalue weighted by atomic mass is 10.3. The Bertz CT molecular complexity index is 413. The number of aromatic amines is 1. The Labute approximate surface area is 99.4 Å². The van der Waals surface area contributed by atoms with E-state index in [1.54, 1.807) is 7.05 Å². The molecular weight excluding hydrogens is 222 g/mol. The fourth-order valence-corrected chi connectivity index (χ4v) is 1.31. The van der Waals surface area contributed by atoms with Crippen LogP contribution in [-0.2, 0) is 4.79 Å². The second-order valence-corrected chi connectivity index (χ2v) is 4.09. The summed E-state index contributed by atoms with van der Waals surface area (Å²) in [6.45, 7) is 3.71.